The summed E-state index contributed by atoms with van der Waals surface area (Å²) in [7, 11) is 1.71. The van der Waals surface area contributed by atoms with Crippen LogP contribution in [0, 0.1) is 0 Å². The van der Waals surface area contributed by atoms with E-state index in [1.807, 2.05) is 0 Å². The highest BCUT2D eigenvalue weighted by Crippen LogP contribution is 2.23. The summed E-state index contributed by atoms with van der Waals surface area (Å²) in [5, 5.41) is 5.55. The van der Waals surface area contributed by atoms with E-state index in [0.717, 1.165) is 19.4 Å². The van der Waals surface area contributed by atoms with E-state index in [9.17, 15) is 9.59 Å². The van der Waals surface area contributed by atoms with E-state index in [1.165, 1.54) is 0 Å². The maximum Gasteiger partial charge on any atom is 0.249 e. The van der Waals surface area contributed by atoms with Gasteiger partial charge in [-0.3, -0.25) is 9.59 Å². The fraction of sp³-hybridized carbons (Fsp3) is 0.818. The van der Waals surface area contributed by atoms with Gasteiger partial charge in [0.2, 0.25) is 11.8 Å². The second-order valence-corrected chi connectivity index (χ2v) is 4.53. The molecule has 2 aliphatic rings. The Morgan fingerprint density at radius 1 is 1.59 bits per heavy atom. The number of hydrogen-bond acceptors (Lipinski definition) is 4. The zero-order chi connectivity index (χ0) is 12.4. The molecule has 0 aromatic heterocycles. The first kappa shape index (κ1) is 12.3. The van der Waals surface area contributed by atoms with Crippen molar-refractivity contribution in [1.29, 1.82) is 0 Å². The Bertz CT molecular complexity index is 321. The van der Waals surface area contributed by atoms with Crippen LogP contribution in [0.3, 0.4) is 0 Å². The fourth-order valence-corrected chi connectivity index (χ4v) is 2.17. The third-order valence-corrected chi connectivity index (χ3v) is 3.38. The third kappa shape index (κ3) is 2.42. The highest BCUT2D eigenvalue weighted by molar-refractivity contribution is 5.90. The molecule has 0 aliphatic carbocycles. The van der Waals surface area contributed by atoms with Gasteiger partial charge in [0.1, 0.15) is 12.3 Å². The molecule has 0 aromatic carbocycles. The Labute approximate surface area is 101 Å². The van der Waals surface area contributed by atoms with Gasteiger partial charge in [0.05, 0.1) is 12.6 Å². The maximum atomic E-state index is 12.1. The summed E-state index contributed by atoms with van der Waals surface area (Å²) in [6.45, 7) is 2.77. The van der Waals surface area contributed by atoms with Gasteiger partial charge in [-0.05, 0) is 26.8 Å². The Hall–Kier alpha value is -1.14. The van der Waals surface area contributed by atoms with E-state index in [1.54, 1.807) is 18.9 Å². The molecule has 3 atom stereocenters. The Kier molecular flexibility index (Phi) is 3.63. The molecule has 6 nitrogen and oxygen atoms in total. The van der Waals surface area contributed by atoms with Crippen molar-refractivity contribution in [3.8, 4) is 0 Å². The van der Waals surface area contributed by atoms with Gasteiger partial charge in [-0.15, -0.1) is 0 Å². The minimum absolute atomic E-state index is 0.0181. The summed E-state index contributed by atoms with van der Waals surface area (Å²) in [6.07, 6.45) is 1.81. The molecule has 2 fully saturated rings. The van der Waals surface area contributed by atoms with Crippen LogP contribution in [0.4, 0.5) is 0 Å². The third-order valence-electron chi connectivity index (χ3n) is 3.38. The minimum atomic E-state index is -0.535. The molecule has 96 valence electrons. The number of ether oxygens (including phenoxy) is 1. The molecular formula is C11H19N3O3. The molecule has 0 spiro atoms. The first-order valence-electron chi connectivity index (χ1n) is 6.03. The van der Waals surface area contributed by atoms with Gasteiger partial charge in [0.25, 0.3) is 0 Å². The van der Waals surface area contributed by atoms with Crippen LogP contribution in [0.15, 0.2) is 0 Å². The van der Waals surface area contributed by atoms with E-state index < -0.39 is 6.04 Å². The molecule has 2 heterocycles. The van der Waals surface area contributed by atoms with Crippen LogP contribution in [-0.2, 0) is 14.3 Å². The monoisotopic (exact) mass is 241 g/mol. The molecule has 0 radical (unpaired) electrons. The molecule has 0 bridgehead atoms. The number of amides is 2. The smallest absolute Gasteiger partial charge is 0.249 e. The lowest BCUT2D eigenvalue weighted by Gasteiger charge is -2.35. The lowest BCUT2D eigenvalue weighted by Crippen LogP contribution is -2.59. The number of likely N-dealkylation sites (N-methyl/N-ethyl adjacent to an activating group) is 1. The van der Waals surface area contributed by atoms with E-state index in [-0.39, 0.29) is 30.7 Å². The van der Waals surface area contributed by atoms with Crippen LogP contribution in [0.5, 0.6) is 0 Å². The number of carbonyl (C=O) groups is 2. The molecule has 2 rings (SSSR count). The normalized spacial score (nSPS) is 30.0. The van der Waals surface area contributed by atoms with Gasteiger partial charge in [0.15, 0.2) is 0 Å². The molecule has 2 amide bonds. The number of carbonyl (C=O) groups excluding carboxylic acids is 2. The fourth-order valence-electron chi connectivity index (χ4n) is 2.17. The largest absolute Gasteiger partial charge is 0.356 e. The molecule has 0 unspecified atom stereocenters. The molecule has 2 aliphatic heterocycles. The van der Waals surface area contributed by atoms with E-state index >= 15 is 0 Å². The highest BCUT2D eigenvalue weighted by Gasteiger charge is 2.39. The first-order chi connectivity index (χ1) is 8.13. The summed E-state index contributed by atoms with van der Waals surface area (Å²) in [5.41, 5.74) is 0. The van der Waals surface area contributed by atoms with Crippen LogP contribution in [0.1, 0.15) is 19.8 Å². The van der Waals surface area contributed by atoms with E-state index in [2.05, 4.69) is 10.6 Å². The van der Waals surface area contributed by atoms with Crippen molar-refractivity contribution >= 4 is 11.8 Å². The Morgan fingerprint density at radius 2 is 2.35 bits per heavy atom. The van der Waals surface area contributed by atoms with Gasteiger partial charge in [-0.1, -0.05) is 0 Å². The van der Waals surface area contributed by atoms with Crippen LogP contribution < -0.4 is 10.6 Å². The molecule has 0 aromatic rings. The number of fused-ring (bicyclic) bond motifs is 1. The summed E-state index contributed by atoms with van der Waals surface area (Å²) in [5.74, 6) is -0.192. The van der Waals surface area contributed by atoms with Crippen molar-refractivity contribution in [3.63, 3.8) is 0 Å². The lowest BCUT2D eigenvalue weighted by molar-refractivity contribution is -0.160. The topological polar surface area (TPSA) is 70.7 Å². The average molecular weight is 241 g/mol. The van der Waals surface area contributed by atoms with Crippen molar-refractivity contribution < 1.29 is 14.3 Å². The van der Waals surface area contributed by atoms with Crippen molar-refractivity contribution in [2.75, 3.05) is 20.2 Å². The highest BCUT2D eigenvalue weighted by atomic mass is 16.5. The van der Waals surface area contributed by atoms with Crippen LogP contribution in [0.25, 0.3) is 0 Å². The Morgan fingerprint density at radius 3 is 3.06 bits per heavy atom. The minimum Gasteiger partial charge on any atom is -0.356 e. The van der Waals surface area contributed by atoms with E-state index in [4.69, 9.17) is 4.74 Å². The predicted octanol–water partition coefficient (Wildman–Crippen LogP) is -0.942. The van der Waals surface area contributed by atoms with Crippen molar-refractivity contribution in [3.05, 3.63) is 0 Å². The zero-order valence-electron chi connectivity index (χ0n) is 10.2. The SMILES string of the molecule is CN[C@@H](C)C(=O)N[C@H]1CO[C@H]2CCCN2C1=O. The summed E-state index contributed by atoms with van der Waals surface area (Å²) in [6, 6.07) is -0.841. The summed E-state index contributed by atoms with van der Waals surface area (Å²) >= 11 is 0. The van der Waals surface area contributed by atoms with Gasteiger partial charge < -0.3 is 20.3 Å². The van der Waals surface area contributed by atoms with Gasteiger partial charge >= 0.3 is 0 Å². The van der Waals surface area contributed by atoms with Crippen molar-refractivity contribution in [1.82, 2.24) is 15.5 Å². The number of hydrogen-bond donors (Lipinski definition) is 2. The van der Waals surface area contributed by atoms with Gasteiger partial charge in [0, 0.05) is 6.54 Å². The van der Waals surface area contributed by atoms with Crippen molar-refractivity contribution in [2.45, 2.75) is 38.1 Å². The van der Waals surface area contributed by atoms with E-state index in [0.29, 0.717) is 0 Å². The van der Waals surface area contributed by atoms with Crippen LogP contribution >= 0.6 is 0 Å². The van der Waals surface area contributed by atoms with Crippen molar-refractivity contribution in [2.24, 2.45) is 0 Å². The summed E-state index contributed by atoms with van der Waals surface area (Å²) < 4.78 is 5.57. The molecule has 0 saturated carbocycles. The van der Waals surface area contributed by atoms with Gasteiger partial charge in [-0.25, -0.2) is 0 Å². The molecule has 6 heteroatoms. The van der Waals surface area contributed by atoms with Crippen LogP contribution in [0.2, 0.25) is 0 Å². The maximum absolute atomic E-state index is 12.1. The lowest BCUT2D eigenvalue weighted by atomic mass is 10.2. The standard InChI is InChI=1S/C11H19N3O3/c1-7(12-2)10(15)13-8-6-17-9-4-3-5-14(9)11(8)16/h7-9,12H,3-6H2,1-2H3,(H,13,15)/t7-,8-,9-/m0/s1. The quantitative estimate of drug-likeness (QED) is 0.669. The number of rotatable bonds is 3. The second-order valence-electron chi connectivity index (χ2n) is 4.53. The zero-order valence-corrected chi connectivity index (χ0v) is 10.2. The molecule has 2 N–H and O–H groups in total. The van der Waals surface area contributed by atoms with Gasteiger partial charge in [-0.2, -0.15) is 0 Å². The Balaban J connectivity index is 1.94. The molecular weight excluding hydrogens is 222 g/mol. The van der Waals surface area contributed by atoms with Crippen LogP contribution in [-0.4, -0.2) is 55.2 Å². The predicted molar refractivity (Wildman–Crippen MR) is 61.1 cm³/mol. The second kappa shape index (κ2) is 5.01. The summed E-state index contributed by atoms with van der Waals surface area (Å²) in [4.78, 5) is 25.5. The number of nitrogens with one attached hydrogen (secondary N) is 2. The molecule has 17 heavy (non-hydrogen) atoms. The first-order valence-corrected chi connectivity index (χ1v) is 6.03. The number of nitrogens with zero attached hydrogens (tertiary/aromatic N) is 1. The molecule has 2 saturated heterocycles. The average Bonchev–Trinajstić information content (AvgIpc) is 2.80.